The summed E-state index contributed by atoms with van der Waals surface area (Å²) in [6.45, 7) is 4.02. The van der Waals surface area contributed by atoms with Gasteiger partial charge in [0, 0.05) is 15.7 Å². The van der Waals surface area contributed by atoms with Gasteiger partial charge in [0.25, 0.3) is 0 Å². The molecule has 0 fully saturated rings. The van der Waals surface area contributed by atoms with Crippen LogP contribution in [-0.2, 0) is 0 Å². The van der Waals surface area contributed by atoms with Crippen molar-refractivity contribution in [3.05, 3.63) is 52.0 Å². The lowest BCUT2D eigenvalue weighted by molar-refractivity contribution is 0.787. The first kappa shape index (κ1) is 13.8. The van der Waals surface area contributed by atoms with Gasteiger partial charge in [-0.05, 0) is 53.6 Å². The molecule has 2 aromatic carbocycles. The second kappa shape index (κ2) is 5.29. The molecule has 21 heavy (non-hydrogen) atoms. The summed E-state index contributed by atoms with van der Waals surface area (Å²) in [6.07, 6.45) is 0. The number of nitrogen functional groups attached to an aromatic ring is 1. The van der Waals surface area contributed by atoms with Gasteiger partial charge in [0.1, 0.15) is 0 Å². The van der Waals surface area contributed by atoms with Gasteiger partial charge in [-0.15, -0.1) is 5.10 Å². The minimum absolute atomic E-state index is 0.645. The van der Waals surface area contributed by atoms with E-state index in [0.29, 0.717) is 11.5 Å². The molecule has 0 spiro atoms. The third-order valence-electron chi connectivity index (χ3n) is 3.47. The number of halogens is 1. The maximum atomic E-state index is 6.11. The molecule has 6 heteroatoms. The quantitative estimate of drug-likeness (QED) is 0.725. The van der Waals surface area contributed by atoms with E-state index in [2.05, 4.69) is 31.5 Å². The molecule has 0 radical (unpaired) electrons. The highest BCUT2D eigenvalue weighted by molar-refractivity contribution is 9.10. The third kappa shape index (κ3) is 2.31. The number of hydrogen-bond acceptors (Lipinski definition) is 4. The van der Waals surface area contributed by atoms with E-state index in [1.807, 2.05) is 50.2 Å². The number of hydrogen-bond donors (Lipinski definition) is 1. The van der Waals surface area contributed by atoms with Gasteiger partial charge in [-0.3, -0.25) is 0 Å². The van der Waals surface area contributed by atoms with Crippen LogP contribution in [0.25, 0.3) is 17.1 Å². The molecule has 3 aromatic rings. The van der Waals surface area contributed by atoms with Crippen molar-refractivity contribution in [2.75, 3.05) is 5.73 Å². The Morgan fingerprint density at radius 3 is 2.62 bits per heavy atom. The predicted octanol–water partition coefficient (Wildman–Crippen LogP) is 3.29. The highest BCUT2D eigenvalue weighted by Crippen LogP contribution is 2.30. The number of tetrazole rings is 1. The average molecular weight is 344 g/mol. The Morgan fingerprint density at radius 2 is 1.86 bits per heavy atom. The van der Waals surface area contributed by atoms with Crippen LogP contribution < -0.4 is 5.73 Å². The summed E-state index contributed by atoms with van der Waals surface area (Å²) in [5.74, 6) is 0.645. The van der Waals surface area contributed by atoms with Gasteiger partial charge in [0.05, 0.1) is 5.69 Å². The van der Waals surface area contributed by atoms with Crippen LogP contribution in [0.4, 0.5) is 5.69 Å². The third-order valence-corrected chi connectivity index (χ3v) is 4.32. The lowest BCUT2D eigenvalue weighted by Crippen LogP contribution is -2.04. The van der Waals surface area contributed by atoms with Crippen molar-refractivity contribution in [1.29, 1.82) is 0 Å². The zero-order chi connectivity index (χ0) is 15.0. The Morgan fingerprint density at radius 1 is 1.10 bits per heavy atom. The van der Waals surface area contributed by atoms with Crippen molar-refractivity contribution < 1.29 is 0 Å². The fraction of sp³-hybridized carbons (Fsp3) is 0.133. The number of aryl methyl sites for hydroxylation is 1. The minimum Gasteiger partial charge on any atom is -0.398 e. The van der Waals surface area contributed by atoms with E-state index in [4.69, 9.17) is 5.73 Å². The second-order valence-electron chi connectivity index (χ2n) is 4.84. The summed E-state index contributed by atoms with van der Waals surface area (Å²) in [5, 5.41) is 12.1. The van der Waals surface area contributed by atoms with Crippen molar-refractivity contribution in [1.82, 2.24) is 20.2 Å². The lowest BCUT2D eigenvalue weighted by atomic mass is 10.1. The molecule has 0 aliphatic heterocycles. The van der Waals surface area contributed by atoms with Gasteiger partial charge in [-0.1, -0.05) is 34.1 Å². The van der Waals surface area contributed by atoms with Gasteiger partial charge in [-0.25, -0.2) is 0 Å². The second-order valence-corrected chi connectivity index (χ2v) is 5.69. The van der Waals surface area contributed by atoms with Crippen LogP contribution in [0.5, 0.6) is 0 Å². The van der Waals surface area contributed by atoms with Crippen LogP contribution in [0.3, 0.4) is 0 Å². The molecule has 2 N–H and O–H groups in total. The molecular formula is C15H14BrN5. The first-order chi connectivity index (χ1) is 10.1. The van der Waals surface area contributed by atoms with Crippen LogP contribution >= 0.6 is 15.9 Å². The van der Waals surface area contributed by atoms with Gasteiger partial charge in [-0.2, -0.15) is 4.68 Å². The summed E-state index contributed by atoms with van der Waals surface area (Å²) in [7, 11) is 0. The van der Waals surface area contributed by atoms with Crippen LogP contribution in [-0.4, -0.2) is 20.2 Å². The first-order valence-electron chi connectivity index (χ1n) is 6.49. The molecule has 5 nitrogen and oxygen atoms in total. The van der Waals surface area contributed by atoms with Crippen LogP contribution in [0.1, 0.15) is 11.1 Å². The molecule has 0 saturated heterocycles. The Kier molecular flexibility index (Phi) is 3.47. The fourth-order valence-electron chi connectivity index (χ4n) is 2.33. The average Bonchev–Trinajstić information content (AvgIpc) is 2.91. The number of benzene rings is 2. The Hall–Kier alpha value is -2.21. The Labute approximate surface area is 130 Å². The van der Waals surface area contributed by atoms with Crippen LogP contribution in [0, 0.1) is 13.8 Å². The molecule has 0 unspecified atom stereocenters. The molecule has 3 rings (SSSR count). The molecule has 0 aliphatic rings. The van der Waals surface area contributed by atoms with Crippen molar-refractivity contribution in [2.45, 2.75) is 13.8 Å². The lowest BCUT2D eigenvalue weighted by Gasteiger charge is -2.12. The van der Waals surface area contributed by atoms with E-state index in [1.165, 1.54) is 0 Å². The van der Waals surface area contributed by atoms with E-state index < -0.39 is 0 Å². The SMILES string of the molecule is Cc1cccc(N)c1-c1nnnn1-c1cccc(Br)c1C. The molecule has 0 amide bonds. The molecule has 1 aromatic heterocycles. The number of rotatable bonds is 2. The predicted molar refractivity (Wildman–Crippen MR) is 86.2 cm³/mol. The Bertz CT molecular complexity index is 789. The van der Waals surface area contributed by atoms with Gasteiger partial charge in [0.2, 0.25) is 0 Å². The standard InChI is InChI=1S/C15H14BrN5/c1-9-5-3-7-12(17)14(9)15-18-19-20-21(15)13-8-4-6-11(16)10(13)2/h3-8H,17H2,1-2H3. The van der Waals surface area contributed by atoms with Gasteiger partial charge < -0.3 is 5.73 Å². The molecule has 1 heterocycles. The highest BCUT2D eigenvalue weighted by atomic mass is 79.9. The number of aromatic nitrogens is 4. The van der Waals surface area contributed by atoms with E-state index in [0.717, 1.165) is 26.9 Å². The van der Waals surface area contributed by atoms with Gasteiger partial charge in [0.15, 0.2) is 5.82 Å². The van der Waals surface area contributed by atoms with E-state index >= 15 is 0 Å². The summed E-state index contributed by atoms with van der Waals surface area (Å²) in [5.41, 5.74) is 10.7. The maximum Gasteiger partial charge on any atom is 0.189 e. The number of anilines is 1. The van der Waals surface area contributed by atoms with E-state index in [-0.39, 0.29) is 0 Å². The summed E-state index contributed by atoms with van der Waals surface area (Å²) >= 11 is 3.53. The van der Waals surface area contributed by atoms with Gasteiger partial charge >= 0.3 is 0 Å². The van der Waals surface area contributed by atoms with Crippen molar-refractivity contribution in [3.63, 3.8) is 0 Å². The summed E-state index contributed by atoms with van der Waals surface area (Å²) < 4.78 is 2.73. The summed E-state index contributed by atoms with van der Waals surface area (Å²) in [6, 6.07) is 11.7. The maximum absolute atomic E-state index is 6.11. The van der Waals surface area contributed by atoms with Crippen molar-refractivity contribution >= 4 is 21.6 Å². The zero-order valence-corrected chi connectivity index (χ0v) is 13.3. The largest absolute Gasteiger partial charge is 0.398 e. The van der Waals surface area contributed by atoms with Crippen molar-refractivity contribution in [3.8, 4) is 17.1 Å². The zero-order valence-electron chi connectivity index (χ0n) is 11.7. The molecule has 0 saturated carbocycles. The Balaban J connectivity index is 2.25. The van der Waals surface area contributed by atoms with E-state index in [1.54, 1.807) is 4.68 Å². The normalized spacial score (nSPS) is 10.8. The van der Waals surface area contributed by atoms with E-state index in [9.17, 15) is 0 Å². The highest BCUT2D eigenvalue weighted by Gasteiger charge is 2.17. The van der Waals surface area contributed by atoms with Crippen LogP contribution in [0.2, 0.25) is 0 Å². The molecule has 0 bridgehead atoms. The molecule has 0 atom stereocenters. The smallest absolute Gasteiger partial charge is 0.189 e. The molecule has 0 aliphatic carbocycles. The minimum atomic E-state index is 0.645. The summed E-state index contributed by atoms with van der Waals surface area (Å²) in [4.78, 5) is 0. The van der Waals surface area contributed by atoms with Crippen LogP contribution in [0.15, 0.2) is 40.9 Å². The molecule has 106 valence electrons. The first-order valence-corrected chi connectivity index (χ1v) is 7.28. The fourth-order valence-corrected chi connectivity index (χ4v) is 2.68. The number of nitrogens with zero attached hydrogens (tertiary/aromatic N) is 4. The number of nitrogens with two attached hydrogens (primary N) is 1. The van der Waals surface area contributed by atoms with Crippen molar-refractivity contribution in [2.24, 2.45) is 0 Å². The topological polar surface area (TPSA) is 69.6 Å². The monoisotopic (exact) mass is 343 g/mol. The molecular weight excluding hydrogens is 330 g/mol.